The van der Waals surface area contributed by atoms with Crippen LogP contribution in [-0.2, 0) is 0 Å². The van der Waals surface area contributed by atoms with Crippen molar-refractivity contribution in [3.8, 4) is 0 Å². The Hall–Kier alpha value is 0.610. The normalized spacial score (nSPS) is 17.3. The van der Waals surface area contributed by atoms with Crippen molar-refractivity contribution in [2.75, 3.05) is 13.1 Å². The van der Waals surface area contributed by atoms with Gasteiger partial charge in [0.05, 0.1) is 6.10 Å². The zero-order valence-corrected chi connectivity index (χ0v) is 7.50. The highest BCUT2D eigenvalue weighted by Crippen LogP contribution is 1.90. The Morgan fingerprint density at radius 2 is 2.00 bits per heavy atom. The molecule has 0 spiro atoms. The van der Waals surface area contributed by atoms with Gasteiger partial charge in [-0.3, -0.25) is 0 Å². The van der Waals surface area contributed by atoms with Gasteiger partial charge >= 0.3 is 0 Å². The molecule has 3 N–H and O–H groups in total. The van der Waals surface area contributed by atoms with Crippen molar-refractivity contribution >= 4 is 22.6 Å². The van der Waals surface area contributed by atoms with E-state index >= 15 is 0 Å². The van der Waals surface area contributed by atoms with E-state index in [4.69, 9.17) is 10.2 Å². The van der Waals surface area contributed by atoms with Gasteiger partial charge in [-0.2, -0.15) is 0 Å². The molecule has 0 saturated carbocycles. The summed E-state index contributed by atoms with van der Waals surface area (Å²) in [5.41, 5.74) is 0. The molecular formula is C5H12INO2. The highest BCUT2D eigenvalue weighted by molar-refractivity contribution is 14.1. The van der Waals surface area contributed by atoms with Crippen molar-refractivity contribution in [1.29, 1.82) is 0 Å². The maximum absolute atomic E-state index is 8.72. The van der Waals surface area contributed by atoms with Crippen LogP contribution in [0, 0.1) is 0 Å². The number of aliphatic hydroxyl groups is 2. The SMILES string of the molecule is CC(O)CNCC(O)I. The summed E-state index contributed by atoms with van der Waals surface area (Å²) >= 11 is 1.90. The Morgan fingerprint density at radius 3 is 2.33 bits per heavy atom. The largest absolute Gasteiger partial charge is 0.392 e. The molecule has 0 saturated heterocycles. The summed E-state index contributed by atoms with van der Waals surface area (Å²) in [6, 6.07) is 0. The third kappa shape index (κ3) is 8.61. The lowest BCUT2D eigenvalue weighted by Gasteiger charge is -2.06. The highest BCUT2D eigenvalue weighted by atomic mass is 127. The minimum absolute atomic E-state index is 0.333. The van der Waals surface area contributed by atoms with Crippen LogP contribution in [0.5, 0.6) is 0 Å². The van der Waals surface area contributed by atoms with Crippen molar-refractivity contribution in [3.63, 3.8) is 0 Å². The van der Waals surface area contributed by atoms with Crippen molar-refractivity contribution in [2.45, 2.75) is 17.1 Å². The molecule has 0 aromatic rings. The molecule has 0 bridgehead atoms. The van der Waals surface area contributed by atoms with Crippen LogP contribution in [0.2, 0.25) is 0 Å². The molecule has 0 aliphatic heterocycles. The van der Waals surface area contributed by atoms with E-state index in [1.54, 1.807) is 6.92 Å². The average Bonchev–Trinajstić information content (AvgIpc) is 1.63. The molecule has 0 aliphatic rings. The number of halogens is 1. The van der Waals surface area contributed by atoms with E-state index in [0.717, 1.165) is 0 Å². The third-order valence-electron chi connectivity index (χ3n) is 0.753. The molecule has 2 atom stereocenters. The van der Waals surface area contributed by atoms with Crippen molar-refractivity contribution in [3.05, 3.63) is 0 Å². The third-order valence-corrected chi connectivity index (χ3v) is 1.19. The molecule has 0 rings (SSSR count). The van der Waals surface area contributed by atoms with Crippen molar-refractivity contribution in [2.24, 2.45) is 0 Å². The van der Waals surface area contributed by atoms with Crippen LogP contribution in [0.1, 0.15) is 6.92 Å². The minimum atomic E-state index is -0.360. The van der Waals surface area contributed by atoms with Crippen molar-refractivity contribution < 1.29 is 10.2 Å². The van der Waals surface area contributed by atoms with Crippen LogP contribution in [0.3, 0.4) is 0 Å². The summed E-state index contributed by atoms with van der Waals surface area (Å²) in [5.74, 6) is 0. The number of nitrogens with one attached hydrogen (secondary N) is 1. The molecular weight excluding hydrogens is 233 g/mol. The predicted octanol–water partition coefficient (Wildman–Crippen LogP) is -0.290. The van der Waals surface area contributed by atoms with E-state index in [1.807, 2.05) is 22.6 Å². The summed E-state index contributed by atoms with van der Waals surface area (Å²) in [4.78, 5) is 0. The summed E-state index contributed by atoms with van der Waals surface area (Å²) in [6.07, 6.45) is -0.333. The molecule has 0 aliphatic carbocycles. The Labute approximate surface area is 68.6 Å². The first-order valence-electron chi connectivity index (χ1n) is 2.84. The Balaban J connectivity index is 2.91. The van der Waals surface area contributed by atoms with Gasteiger partial charge in [0.2, 0.25) is 0 Å². The smallest absolute Gasteiger partial charge is 0.117 e. The van der Waals surface area contributed by atoms with Crippen molar-refractivity contribution in [1.82, 2.24) is 5.32 Å². The van der Waals surface area contributed by atoms with E-state index in [-0.39, 0.29) is 10.2 Å². The van der Waals surface area contributed by atoms with Crippen LogP contribution >= 0.6 is 22.6 Å². The monoisotopic (exact) mass is 245 g/mol. The maximum atomic E-state index is 8.72. The predicted molar refractivity (Wildman–Crippen MR) is 44.6 cm³/mol. The number of alkyl halides is 1. The Kier molecular flexibility index (Phi) is 5.77. The van der Waals surface area contributed by atoms with Gasteiger partial charge in [-0.05, 0) is 6.92 Å². The van der Waals surface area contributed by atoms with Crippen LogP contribution in [0.4, 0.5) is 0 Å². The second-order valence-electron chi connectivity index (χ2n) is 1.94. The fourth-order valence-electron chi connectivity index (χ4n) is 0.411. The van der Waals surface area contributed by atoms with E-state index in [9.17, 15) is 0 Å². The van der Waals surface area contributed by atoms with Gasteiger partial charge in [0.1, 0.15) is 4.11 Å². The second-order valence-corrected chi connectivity index (χ2v) is 3.38. The quantitative estimate of drug-likeness (QED) is 0.471. The van der Waals surface area contributed by atoms with E-state index in [2.05, 4.69) is 5.32 Å². The van der Waals surface area contributed by atoms with Gasteiger partial charge in [0.15, 0.2) is 0 Å². The molecule has 0 amide bonds. The number of rotatable bonds is 4. The Bertz CT molecular complexity index is 60.0. The lowest BCUT2D eigenvalue weighted by molar-refractivity contribution is 0.185. The molecule has 0 aromatic carbocycles. The molecule has 0 fully saturated rings. The fraction of sp³-hybridized carbons (Fsp3) is 1.00. The standard InChI is InChI=1S/C5H12INO2/c1-4(8)2-7-3-5(6)9/h4-5,7-9H,2-3H2,1H3. The van der Waals surface area contributed by atoms with Gasteiger partial charge in [-0.15, -0.1) is 0 Å². The van der Waals surface area contributed by atoms with Gasteiger partial charge in [0, 0.05) is 13.1 Å². The van der Waals surface area contributed by atoms with Gasteiger partial charge in [0.25, 0.3) is 0 Å². The summed E-state index contributed by atoms with van der Waals surface area (Å²) in [5, 5.41) is 20.3. The highest BCUT2D eigenvalue weighted by Gasteiger charge is 1.97. The second kappa shape index (κ2) is 5.40. The van der Waals surface area contributed by atoms with Crippen LogP contribution in [0.25, 0.3) is 0 Å². The number of aliphatic hydroxyl groups excluding tert-OH is 2. The maximum Gasteiger partial charge on any atom is 0.117 e. The topological polar surface area (TPSA) is 52.5 Å². The van der Waals surface area contributed by atoms with Crippen LogP contribution in [0.15, 0.2) is 0 Å². The first-order chi connectivity index (χ1) is 4.13. The molecule has 0 radical (unpaired) electrons. The van der Waals surface area contributed by atoms with Gasteiger partial charge < -0.3 is 15.5 Å². The molecule has 2 unspecified atom stereocenters. The molecule has 56 valence electrons. The summed E-state index contributed by atoms with van der Waals surface area (Å²) < 4.78 is -0.360. The van der Waals surface area contributed by atoms with Crippen LogP contribution in [-0.4, -0.2) is 33.5 Å². The number of hydrogen-bond donors (Lipinski definition) is 3. The molecule has 9 heavy (non-hydrogen) atoms. The van der Waals surface area contributed by atoms with E-state index in [0.29, 0.717) is 13.1 Å². The lowest BCUT2D eigenvalue weighted by Crippen LogP contribution is -2.29. The first-order valence-corrected chi connectivity index (χ1v) is 4.08. The zero-order valence-electron chi connectivity index (χ0n) is 5.34. The average molecular weight is 245 g/mol. The van der Waals surface area contributed by atoms with E-state index < -0.39 is 0 Å². The zero-order chi connectivity index (χ0) is 7.28. The first kappa shape index (κ1) is 9.61. The summed E-state index contributed by atoms with van der Waals surface area (Å²) in [7, 11) is 0. The Morgan fingerprint density at radius 1 is 1.44 bits per heavy atom. The molecule has 0 aromatic heterocycles. The van der Waals surface area contributed by atoms with Gasteiger partial charge in [-0.25, -0.2) is 0 Å². The molecule has 3 nitrogen and oxygen atoms in total. The van der Waals surface area contributed by atoms with Gasteiger partial charge in [-0.1, -0.05) is 22.6 Å². The fourth-order valence-corrected chi connectivity index (χ4v) is 0.723. The molecule has 0 heterocycles. The molecule has 4 heteroatoms. The minimum Gasteiger partial charge on any atom is -0.392 e. The lowest BCUT2D eigenvalue weighted by atomic mass is 10.4. The number of hydrogen-bond acceptors (Lipinski definition) is 3. The van der Waals surface area contributed by atoms with Crippen LogP contribution < -0.4 is 5.32 Å². The van der Waals surface area contributed by atoms with E-state index in [1.165, 1.54) is 0 Å². The summed E-state index contributed by atoms with van der Waals surface area (Å²) in [6.45, 7) is 2.78.